The van der Waals surface area contributed by atoms with E-state index in [2.05, 4.69) is 23.5 Å². The van der Waals surface area contributed by atoms with Gasteiger partial charge >= 0.3 is 0 Å². The minimum atomic E-state index is 0.676. The molecule has 0 amide bonds. The van der Waals surface area contributed by atoms with Crippen LogP contribution in [0.15, 0.2) is 78.9 Å². The lowest BCUT2D eigenvalue weighted by molar-refractivity contribution is 0.335. The highest BCUT2D eigenvalue weighted by atomic mass is 16.5. The van der Waals surface area contributed by atoms with E-state index in [1.165, 1.54) is 11.1 Å². The van der Waals surface area contributed by atoms with Gasteiger partial charge in [-0.2, -0.15) is 0 Å². The van der Waals surface area contributed by atoms with Crippen LogP contribution in [0.25, 0.3) is 0 Å². The van der Waals surface area contributed by atoms with E-state index < -0.39 is 0 Å². The Hall–Kier alpha value is -2.78. The van der Waals surface area contributed by atoms with E-state index in [4.69, 9.17) is 9.47 Å². The first kappa shape index (κ1) is 17.1. The fraction of sp³-hybridized carbons (Fsp3) is 0.182. The van der Waals surface area contributed by atoms with Gasteiger partial charge in [0.1, 0.15) is 17.2 Å². The molecule has 0 unspecified atom stereocenters. The maximum absolute atomic E-state index is 5.89. The second-order valence-electron chi connectivity index (χ2n) is 5.71. The number of para-hydroxylation sites is 2. The summed E-state index contributed by atoms with van der Waals surface area (Å²) in [4.78, 5) is 0. The largest absolute Gasteiger partial charge is 0.494 e. The zero-order valence-electron chi connectivity index (χ0n) is 14.4. The van der Waals surface area contributed by atoms with Crippen molar-refractivity contribution in [3.63, 3.8) is 0 Å². The van der Waals surface area contributed by atoms with E-state index in [0.29, 0.717) is 6.61 Å². The number of hydrogen-bond acceptors (Lipinski definition) is 3. The monoisotopic (exact) mass is 333 g/mol. The Morgan fingerprint density at radius 1 is 0.760 bits per heavy atom. The van der Waals surface area contributed by atoms with Gasteiger partial charge in [0.25, 0.3) is 0 Å². The topological polar surface area (TPSA) is 30.5 Å². The summed E-state index contributed by atoms with van der Waals surface area (Å²) in [5.74, 6) is 2.64. The van der Waals surface area contributed by atoms with Crippen molar-refractivity contribution in [1.29, 1.82) is 0 Å². The van der Waals surface area contributed by atoms with Crippen molar-refractivity contribution < 1.29 is 9.47 Å². The summed E-state index contributed by atoms with van der Waals surface area (Å²) < 4.78 is 11.6. The molecule has 128 valence electrons. The highest BCUT2D eigenvalue weighted by Crippen LogP contribution is 2.22. The highest BCUT2D eigenvalue weighted by molar-refractivity contribution is 5.35. The van der Waals surface area contributed by atoms with Gasteiger partial charge in [-0.3, -0.25) is 0 Å². The summed E-state index contributed by atoms with van der Waals surface area (Å²) in [5.41, 5.74) is 2.35. The Bertz CT molecular complexity index is 787. The smallest absolute Gasteiger partial charge is 0.127 e. The normalized spacial score (nSPS) is 10.4. The van der Waals surface area contributed by atoms with Gasteiger partial charge in [0.05, 0.1) is 6.61 Å². The van der Waals surface area contributed by atoms with Crippen molar-refractivity contribution in [3.8, 4) is 17.2 Å². The van der Waals surface area contributed by atoms with Crippen LogP contribution in [0.2, 0.25) is 0 Å². The maximum atomic E-state index is 5.89. The summed E-state index contributed by atoms with van der Waals surface area (Å²) in [6.45, 7) is 4.21. The maximum Gasteiger partial charge on any atom is 0.127 e. The summed E-state index contributed by atoms with van der Waals surface area (Å²) in [6, 6.07) is 26.1. The molecule has 3 aromatic rings. The fourth-order valence-corrected chi connectivity index (χ4v) is 2.63. The zero-order valence-corrected chi connectivity index (χ0v) is 14.4. The molecule has 3 nitrogen and oxygen atoms in total. The standard InChI is InChI=1S/C22H23NO2/c1-2-24-22-14-7-6-10-19(22)17-23-16-18-9-8-13-21(15-18)25-20-11-4-3-5-12-20/h3-15,23H,2,16-17H2,1H3. The first-order chi connectivity index (χ1) is 12.3. The zero-order chi connectivity index (χ0) is 17.3. The molecule has 0 aromatic heterocycles. The third kappa shape index (κ3) is 5.10. The second-order valence-corrected chi connectivity index (χ2v) is 5.71. The first-order valence-corrected chi connectivity index (χ1v) is 8.58. The van der Waals surface area contributed by atoms with Crippen LogP contribution in [0.5, 0.6) is 17.2 Å². The van der Waals surface area contributed by atoms with Crippen LogP contribution in [0, 0.1) is 0 Å². The number of nitrogens with one attached hydrogen (secondary N) is 1. The minimum Gasteiger partial charge on any atom is -0.494 e. The van der Waals surface area contributed by atoms with Crippen LogP contribution in [-0.4, -0.2) is 6.61 Å². The first-order valence-electron chi connectivity index (χ1n) is 8.58. The average Bonchev–Trinajstić information content (AvgIpc) is 2.65. The van der Waals surface area contributed by atoms with Gasteiger partial charge in [-0.15, -0.1) is 0 Å². The molecule has 0 aliphatic carbocycles. The van der Waals surface area contributed by atoms with E-state index in [0.717, 1.165) is 30.3 Å². The molecule has 0 aliphatic heterocycles. The number of ether oxygens (including phenoxy) is 2. The Kier molecular flexibility index (Phi) is 6.07. The van der Waals surface area contributed by atoms with Gasteiger partial charge in [0.2, 0.25) is 0 Å². The van der Waals surface area contributed by atoms with E-state index in [9.17, 15) is 0 Å². The van der Waals surface area contributed by atoms with Crippen LogP contribution in [-0.2, 0) is 13.1 Å². The molecule has 0 fully saturated rings. The summed E-state index contributed by atoms with van der Waals surface area (Å²) in [6.07, 6.45) is 0. The van der Waals surface area contributed by atoms with Crippen molar-refractivity contribution in [2.24, 2.45) is 0 Å². The van der Waals surface area contributed by atoms with Crippen LogP contribution in [0.4, 0.5) is 0 Å². The van der Waals surface area contributed by atoms with E-state index in [1.54, 1.807) is 0 Å². The van der Waals surface area contributed by atoms with Crippen molar-refractivity contribution in [2.45, 2.75) is 20.0 Å². The fourth-order valence-electron chi connectivity index (χ4n) is 2.63. The highest BCUT2D eigenvalue weighted by Gasteiger charge is 2.03. The number of rotatable bonds is 8. The second kappa shape index (κ2) is 8.90. The predicted molar refractivity (Wildman–Crippen MR) is 101 cm³/mol. The van der Waals surface area contributed by atoms with Crippen molar-refractivity contribution in [3.05, 3.63) is 90.0 Å². The Labute approximate surface area is 149 Å². The third-order valence-corrected chi connectivity index (χ3v) is 3.79. The Morgan fingerprint density at radius 2 is 1.52 bits per heavy atom. The number of hydrogen-bond donors (Lipinski definition) is 1. The molecule has 0 radical (unpaired) electrons. The molecule has 0 saturated carbocycles. The quantitative estimate of drug-likeness (QED) is 0.617. The van der Waals surface area contributed by atoms with E-state index >= 15 is 0 Å². The van der Waals surface area contributed by atoms with Gasteiger partial charge < -0.3 is 14.8 Å². The molecule has 0 atom stereocenters. The minimum absolute atomic E-state index is 0.676. The van der Waals surface area contributed by atoms with Gasteiger partial charge in [-0.1, -0.05) is 48.5 Å². The predicted octanol–water partition coefficient (Wildman–Crippen LogP) is 5.17. The average molecular weight is 333 g/mol. The molecule has 0 saturated heterocycles. The molecule has 3 heteroatoms. The Balaban J connectivity index is 1.58. The molecular formula is C22H23NO2. The lowest BCUT2D eigenvalue weighted by Gasteiger charge is -2.11. The van der Waals surface area contributed by atoms with Crippen molar-refractivity contribution >= 4 is 0 Å². The van der Waals surface area contributed by atoms with Crippen LogP contribution in [0.1, 0.15) is 18.1 Å². The molecule has 0 spiro atoms. The van der Waals surface area contributed by atoms with Gasteiger partial charge in [-0.25, -0.2) is 0 Å². The Morgan fingerprint density at radius 3 is 2.36 bits per heavy atom. The van der Waals surface area contributed by atoms with Crippen LogP contribution in [0.3, 0.4) is 0 Å². The van der Waals surface area contributed by atoms with Gasteiger partial charge in [0, 0.05) is 18.7 Å². The van der Waals surface area contributed by atoms with Crippen molar-refractivity contribution in [1.82, 2.24) is 5.32 Å². The van der Waals surface area contributed by atoms with Gasteiger partial charge in [-0.05, 0) is 42.8 Å². The molecule has 1 N–H and O–H groups in total. The molecule has 3 aromatic carbocycles. The van der Waals surface area contributed by atoms with E-state index in [-0.39, 0.29) is 0 Å². The summed E-state index contributed by atoms with van der Waals surface area (Å²) in [7, 11) is 0. The molecule has 0 bridgehead atoms. The summed E-state index contributed by atoms with van der Waals surface area (Å²) >= 11 is 0. The van der Waals surface area contributed by atoms with Crippen LogP contribution < -0.4 is 14.8 Å². The lowest BCUT2D eigenvalue weighted by Crippen LogP contribution is -2.13. The molecule has 25 heavy (non-hydrogen) atoms. The molecule has 0 aliphatic rings. The van der Waals surface area contributed by atoms with E-state index in [1.807, 2.05) is 67.6 Å². The van der Waals surface area contributed by atoms with Gasteiger partial charge in [0.15, 0.2) is 0 Å². The summed E-state index contributed by atoms with van der Waals surface area (Å²) in [5, 5.41) is 3.47. The van der Waals surface area contributed by atoms with Crippen LogP contribution >= 0.6 is 0 Å². The molecule has 3 rings (SSSR count). The molecular weight excluding hydrogens is 310 g/mol. The lowest BCUT2D eigenvalue weighted by atomic mass is 10.2. The molecule has 0 heterocycles. The number of benzene rings is 3. The van der Waals surface area contributed by atoms with Crippen molar-refractivity contribution in [2.75, 3.05) is 6.61 Å². The SMILES string of the molecule is CCOc1ccccc1CNCc1cccc(Oc2ccccc2)c1. The third-order valence-electron chi connectivity index (χ3n) is 3.79.